The number of thiophene rings is 1. The Hall–Kier alpha value is -1.23. The lowest BCUT2D eigenvalue weighted by atomic mass is 10.3. The summed E-state index contributed by atoms with van der Waals surface area (Å²) in [5.41, 5.74) is 0. The lowest BCUT2D eigenvalue weighted by molar-refractivity contribution is 0.0698. The maximum absolute atomic E-state index is 10.7. The minimum atomic E-state index is -0.992. The van der Waals surface area contributed by atoms with Crippen molar-refractivity contribution in [3.63, 3.8) is 0 Å². The predicted molar refractivity (Wildman–Crippen MR) is 49.1 cm³/mol. The first-order valence-electron chi connectivity index (χ1n) is 3.56. The molecular weight excluding hydrogens is 192 g/mol. The molecule has 1 aromatic heterocycles. The van der Waals surface area contributed by atoms with Crippen molar-refractivity contribution in [3.8, 4) is 11.5 Å². The summed E-state index contributed by atoms with van der Waals surface area (Å²) in [5.74, 6) is -0.185. The average Bonchev–Trinajstić information content (AvgIpc) is 2.41. The summed E-state index contributed by atoms with van der Waals surface area (Å²) in [5, 5.41) is 8.80. The van der Waals surface area contributed by atoms with E-state index in [9.17, 15) is 4.79 Å². The number of aromatic carboxylic acids is 1. The van der Waals surface area contributed by atoms with Crippen LogP contribution in [0.2, 0.25) is 0 Å². The third-order valence-electron chi connectivity index (χ3n) is 1.59. The number of hydrogen-bond acceptors (Lipinski definition) is 4. The molecule has 0 aliphatic heterocycles. The number of carbonyl (C=O) groups is 1. The van der Waals surface area contributed by atoms with Gasteiger partial charge in [-0.3, -0.25) is 0 Å². The van der Waals surface area contributed by atoms with Crippen LogP contribution in [-0.4, -0.2) is 25.3 Å². The minimum absolute atomic E-state index is 0.178. The van der Waals surface area contributed by atoms with E-state index in [0.29, 0.717) is 11.5 Å². The SMILES string of the molecule is COc1c(C)sc(C(=O)O)c1OC. The van der Waals surface area contributed by atoms with Crippen molar-refractivity contribution in [2.45, 2.75) is 6.92 Å². The number of carboxylic acid groups (broad SMARTS) is 1. The van der Waals surface area contributed by atoms with E-state index in [1.54, 1.807) is 6.92 Å². The first-order valence-corrected chi connectivity index (χ1v) is 4.38. The Kier molecular flexibility index (Phi) is 2.77. The quantitative estimate of drug-likeness (QED) is 0.811. The highest BCUT2D eigenvalue weighted by atomic mass is 32.1. The van der Waals surface area contributed by atoms with Gasteiger partial charge in [0.05, 0.1) is 14.2 Å². The first kappa shape index (κ1) is 9.85. The van der Waals surface area contributed by atoms with Crippen molar-refractivity contribution >= 4 is 17.3 Å². The topological polar surface area (TPSA) is 55.8 Å². The zero-order valence-corrected chi connectivity index (χ0v) is 8.40. The molecule has 0 saturated carbocycles. The normalized spacial score (nSPS) is 9.77. The number of rotatable bonds is 3. The van der Waals surface area contributed by atoms with E-state index in [2.05, 4.69) is 0 Å². The van der Waals surface area contributed by atoms with Gasteiger partial charge in [0, 0.05) is 4.88 Å². The van der Waals surface area contributed by atoms with Gasteiger partial charge in [-0.25, -0.2) is 4.79 Å². The van der Waals surface area contributed by atoms with Gasteiger partial charge >= 0.3 is 5.97 Å². The highest BCUT2D eigenvalue weighted by Crippen LogP contribution is 2.41. The van der Waals surface area contributed by atoms with Crippen LogP contribution in [0.1, 0.15) is 14.5 Å². The molecule has 13 heavy (non-hydrogen) atoms. The van der Waals surface area contributed by atoms with Gasteiger partial charge in [-0.05, 0) is 6.92 Å². The third kappa shape index (κ3) is 1.60. The molecule has 0 aliphatic carbocycles. The molecule has 0 saturated heterocycles. The molecule has 0 spiro atoms. The van der Waals surface area contributed by atoms with Crippen LogP contribution in [0.4, 0.5) is 0 Å². The van der Waals surface area contributed by atoms with E-state index in [1.807, 2.05) is 0 Å². The Bertz CT molecular complexity index is 329. The van der Waals surface area contributed by atoms with Crippen molar-refractivity contribution in [3.05, 3.63) is 9.75 Å². The Labute approximate surface area is 79.7 Å². The minimum Gasteiger partial charge on any atom is -0.492 e. The summed E-state index contributed by atoms with van der Waals surface area (Å²) in [7, 11) is 2.92. The fourth-order valence-electron chi connectivity index (χ4n) is 1.07. The van der Waals surface area contributed by atoms with Gasteiger partial charge in [-0.2, -0.15) is 0 Å². The molecule has 4 nitrogen and oxygen atoms in total. The van der Waals surface area contributed by atoms with Gasteiger partial charge in [0.15, 0.2) is 16.4 Å². The van der Waals surface area contributed by atoms with Crippen LogP contribution >= 0.6 is 11.3 Å². The van der Waals surface area contributed by atoms with E-state index < -0.39 is 5.97 Å². The molecule has 1 heterocycles. The molecule has 1 rings (SSSR count). The molecule has 1 N–H and O–H groups in total. The predicted octanol–water partition coefficient (Wildman–Crippen LogP) is 1.77. The van der Waals surface area contributed by atoms with E-state index in [-0.39, 0.29) is 4.88 Å². The summed E-state index contributed by atoms with van der Waals surface area (Å²) in [6.45, 7) is 1.79. The maximum Gasteiger partial charge on any atom is 0.349 e. The maximum atomic E-state index is 10.7. The van der Waals surface area contributed by atoms with Crippen molar-refractivity contribution in [2.24, 2.45) is 0 Å². The van der Waals surface area contributed by atoms with E-state index in [0.717, 1.165) is 16.2 Å². The van der Waals surface area contributed by atoms with Crippen molar-refractivity contribution in [1.29, 1.82) is 0 Å². The standard InChI is InChI=1S/C8H10O4S/c1-4-5(11-2)6(12-3)7(13-4)8(9)10/h1-3H3,(H,9,10). The summed E-state index contributed by atoms with van der Waals surface area (Å²) < 4.78 is 9.97. The summed E-state index contributed by atoms with van der Waals surface area (Å²) in [4.78, 5) is 11.7. The Morgan fingerprint density at radius 2 is 1.85 bits per heavy atom. The number of hydrogen-bond donors (Lipinski definition) is 1. The van der Waals surface area contributed by atoms with Crippen LogP contribution in [0.5, 0.6) is 11.5 Å². The molecule has 1 aromatic rings. The fraction of sp³-hybridized carbons (Fsp3) is 0.375. The number of methoxy groups -OCH3 is 2. The number of ether oxygens (including phenoxy) is 2. The van der Waals surface area contributed by atoms with Gasteiger partial charge in [0.2, 0.25) is 0 Å². The van der Waals surface area contributed by atoms with Crippen molar-refractivity contribution < 1.29 is 19.4 Å². The molecule has 0 aromatic carbocycles. The van der Waals surface area contributed by atoms with Gasteiger partial charge < -0.3 is 14.6 Å². The van der Waals surface area contributed by atoms with E-state index >= 15 is 0 Å². The molecule has 0 aliphatic rings. The monoisotopic (exact) mass is 202 g/mol. The molecule has 0 atom stereocenters. The Balaban J connectivity index is 3.29. The molecule has 5 heteroatoms. The molecular formula is C8H10O4S. The summed E-state index contributed by atoms with van der Waals surface area (Å²) in [6, 6.07) is 0. The second-order valence-electron chi connectivity index (χ2n) is 2.36. The molecule has 0 unspecified atom stereocenters. The molecule has 72 valence electrons. The van der Waals surface area contributed by atoms with Crippen LogP contribution in [0, 0.1) is 6.92 Å². The van der Waals surface area contributed by atoms with E-state index in [4.69, 9.17) is 14.6 Å². The fourth-order valence-corrected chi connectivity index (χ4v) is 2.00. The lowest BCUT2D eigenvalue weighted by Gasteiger charge is -2.02. The van der Waals surface area contributed by atoms with Crippen LogP contribution in [0.15, 0.2) is 0 Å². The Morgan fingerprint density at radius 3 is 2.23 bits per heavy atom. The zero-order chi connectivity index (χ0) is 10.0. The lowest BCUT2D eigenvalue weighted by Crippen LogP contribution is -1.96. The molecule has 0 amide bonds. The first-order chi connectivity index (χ1) is 6.11. The average molecular weight is 202 g/mol. The van der Waals surface area contributed by atoms with Gasteiger partial charge in [0.1, 0.15) is 0 Å². The van der Waals surface area contributed by atoms with Crippen molar-refractivity contribution in [2.75, 3.05) is 14.2 Å². The molecule has 0 bridgehead atoms. The smallest absolute Gasteiger partial charge is 0.349 e. The number of aryl methyl sites for hydroxylation is 1. The van der Waals surface area contributed by atoms with E-state index in [1.165, 1.54) is 14.2 Å². The van der Waals surface area contributed by atoms with Crippen LogP contribution in [0.25, 0.3) is 0 Å². The van der Waals surface area contributed by atoms with Gasteiger partial charge in [0.25, 0.3) is 0 Å². The number of carboxylic acids is 1. The van der Waals surface area contributed by atoms with Crippen LogP contribution in [0.3, 0.4) is 0 Å². The van der Waals surface area contributed by atoms with Gasteiger partial charge in [-0.15, -0.1) is 11.3 Å². The summed E-state index contributed by atoms with van der Waals surface area (Å²) in [6.07, 6.45) is 0. The second-order valence-corrected chi connectivity index (χ2v) is 3.58. The summed E-state index contributed by atoms with van der Waals surface area (Å²) >= 11 is 1.15. The molecule has 0 radical (unpaired) electrons. The highest BCUT2D eigenvalue weighted by molar-refractivity contribution is 7.14. The second kappa shape index (κ2) is 3.66. The van der Waals surface area contributed by atoms with Crippen molar-refractivity contribution in [1.82, 2.24) is 0 Å². The highest BCUT2D eigenvalue weighted by Gasteiger charge is 2.21. The zero-order valence-electron chi connectivity index (χ0n) is 7.58. The van der Waals surface area contributed by atoms with Gasteiger partial charge in [-0.1, -0.05) is 0 Å². The van der Waals surface area contributed by atoms with Crippen LogP contribution in [-0.2, 0) is 0 Å². The third-order valence-corrected chi connectivity index (χ3v) is 2.65. The Morgan fingerprint density at radius 1 is 1.31 bits per heavy atom. The molecule has 0 fully saturated rings. The largest absolute Gasteiger partial charge is 0.492 e. The van der Waals surface area contributed by atoms with Crippen LogP contribution < -0.4 is 9.47 Å².